The molecule has 0 amide bonds. The number of methoxy groups -OCH3 is 1. The van der Waals surface area contributed by atoms with Crippen molar-refractivity contribution >= 4 is 5.82 Å². The molecule has 4 heteroatoms. The third-order valence-electron chi connectivity index (χ3n) is 4.31. The van der Waals surface area contributed by atoms with Gasteiger partial charge in [-0.2, -0.15) is 0 Å². The highest BCUT2D eigenvalue weighted by molar-refractivity contribution is 5.40. The molecule has 0 bridgehead atoms. The van der Waals surface area contributed by atoms with Crippen LogP contribution in [-0.4, -0.2) is 36.3 Å². The molecule has 112 valence electrons. The van der Waals surface area contributed by atoms with E-state index in [4.69, 9.17) is 4.74 Å². The number of aromatic nitrogens is 2. The van der Waals surface area contributed by atoms with Crippen molar-refractivity contribution in [3.05, 3.63) is 18.1 Å². The molecular formula is C16H27N3O. The van der Waals surface area contributed by atoms with Crippen LogP contribution in [0.5, 0.6) is 0 Å². The molecule has 0 N–H and O–H groups in total. The zero-order valence-corrected chi connectivity index (χ0v) is 13.4. The van der Waals surface area contributed by atoms with Crippen molar-refractivity contribution in [1.29, 1.82) is 0 Å². The predicted molar refractivity (Wildman–Crippen MR) is 82.2 cm³/mol. The van der Waals surface area contributed by atoms with Crippen LogP contribution in [0.4, 0.5) is 5.82 Å². The highest BCUT2D eigenvalue weighted by Gasteiger charge is 2.25. The van der Waals surface area contributed by atoms with E-state index in [-0.39, 0.29) is 5.41 Å². The van der Waals surface area contributed by atoms with Crippen molar-refractivity contribution in [2.75, 3.05) is 19.1 Å². The SMILES string of the molecule is COC1CCC(N(C)c2cc(C(C)(C)C)ncn2)CC1. The second-order valence-corrected chi connectivity index (χ2v) is 6.79. The summed E-state index contributed by atoms with van der Waals surface area (Å²) in [4.78, 5) is 11.2. The standard InChI is InChI=1S/C16H27N3O/c1-16(2,3)14-10-15(18-11-17-14)19(4)12-6-8-13(20-5)9-7-12/h10-13H,6-9H2,1-5H3. The predicted octanol–water partition coefficient (Wildman–Crippen LogP) is 3.17. The zero-order valence-electron chi connectivity index (χ0n) is 13.4. The molecule has 1 saturated carbocycles. The third kappa shape index (κ3) is 3.48. The molecular weight excluding hydrogens is 250 g/mol. The third-order valence-corrected chi connectivity index (χ3v) is 4.31. The minimum atomic E-state index is 0.0617. The fourth-order valence-electron chi connectivity index (χ4n) is 2.81. The van der Waals surface area contributed by atoms with Gasteiger partial charge in [0.25, 0.3) is 0 Å². The van der Waals surface area contributed by atoms with E-state index >= 15 is 0 Å². The smallest absolute Gasteiger partial charge is 0.132 e. The van der Waals surface area contributed by atoms with Gasteiger partial charge < -0.3 is 9.64 Å². The second kappa shape index (κ2) is 6.08. The van der Waals surface area contributed by atoms with E-state index in [0.29, 0.717) is 12.1 Å². The Morgan fingerprint density at radius 3 is 2.35 bits per heavy atom. The molecule has 2 rings (SSSR count). The summed E-state index contributed by atoms with van der Waals surface area (Å²) < 4.78 is 5.44. The van der Waals surface area contributed by atoms with Crippen LogP contribution in [0.3, 0.4) is 0 Å². The van der Waals surface area contributed by atoms with E-state index in [9.17, 15) is 0 Å². The molecule has 1 aromatic rings. The van der Waals surface area contributed by atoms with Gasteiger partial charge in [-0.05, 0) is 25.7 Å². The van der Waals surface area contributed by atoms with Crippen LogP contribution in [0.15, 0.2) is 12.4 Å². The van der Waals surface area contributed by atoms with Crippen molar-refractivity contribution in [1.82, 2.24) is 9.97 Å². The first-order valence-electron chi connectivity index (χ1n) is 7.50. The monoisotopic (exact) mass is 277 g/mol. The van der Waals surface area contributed by atoms with E-state index in [1.165, 1.54) is 12.8 Å². The van der Waals surface area contributed by atoms with Crippen LogP contribution in [0, 0.1) is 0 Å². The molecule has 0 radical (unpaired) electrons. The number of rotatable bonds is 3. The lowest BCUT2D eigenvalue weighted by molar-refractivity contribution is 0.0659. The largest absolute Gasteiger partial charge is 0.381 e. The maximum Gasteiger partial charge on any atom is 0.132 e. The Bertz CT molecular complexity index is 434. The average molecular weight is 277 g/mol. The van der Waals surface area contributed by atoms with Crippen molar-refractivity contribution in [3.8, 4) is 0 Å². The molecule has 0 aromatic carbocycles. The summed E-state index contributed by atoms with van der Waals surface area (Å²) in [5.74, 6) is 1.03. The second-order valence-electron chi connectivity index (χ2n) is 6.79. The number of hydrogen-bond acceptors (Lipinski definition) is 4. The average Bonchev–Trinajstić information content (AvgIpc) is 2.46. The summed E-state index contributed by atoms with van der Waals surface area (Å²) in [5.41, 5.74) is 1.16. The fraction of sp³-hybridized carbons (Fsp3) is 0.750. The molecule has 1 fully saturated rings. The first-order chi connectivity index (χ1) is 9.41. The van der Waals surface area contributed by atoms with E-state index in [0.717, 1.165) is 24.4 Å². The van der Waals surface area contributed by atoms with E-state index in [1.807, 2.05) is 7.11 Å². The fourth-order valence-corrected chi connectivity index (χ4v) is 2.81. The van der Waals surface area contributed by atoms with Crippen LogP contribution in [0.1, 0.15) is 52.1 Å². The number of ether oxygens (including phenoxy) is 1. The van der Waals surface area contributed by atoms with Gasteiger partial charge >= 0.3 is 0 Å². The number of hydrogen-bond donors (Lipinski definition) is 0. The normalized spacial score (nSPS) is 23.6. The molecule has 1 heterocycles. The quantitative estimate of drug-likeness (QED) is 0.850. The van der Waals surface area contributed by atoms with Gasteiger partial charge in [-0.1, -0.05) is 20.8 Å². The van der Waals surface area contributed by atoms with Crippen molar-refractivity contribution in [2.24, 2.45) is 0 Å². The van der Waals surface area contributed by atoms with E-state index in [1.54, 1.807) is 6.33 Å². The van der Waals surface area contributed by atoms with Gasteiger partial charge in [-0.25, -0.2) is 9.97 Å². The lowest BCUT2D eigenvalue weighted by Crippen LogP contribution is -2.37. The van der Waals surface area contributed by atoms with Crippen LogP contribution in [-0.2, 0) is 10.2 Å². The Hall–Kier alpha value is -1.16. The lowest BCUT2D eigenvalue weighted by atomic mass is 9.91. The summed E-state index contributed by atoms with van der Waals surface area (Å²) in [6, 6.07) is 2.69. The Morgan fingerprint density at radius 1 is 1.15 bits per heavy atom. The first-order valence-corrected chi connectivity index (χ1v) is 7.50. The minimum Gasteiger partial charge on any atom is -0.381 e. The summed E-state index contributed by atoms with van der Waals surface area (Å²) in [7, 11) is 3.96. The van der Waals surface area contributed by atoms with Crippen LogP contribution in [0.2, 0.25) is 0 Å². The van der Waals surface area contributed by atoms with Crippen molar-refractivity contribution in [2.45, 2.75) is 64.0 Å². The van der Waals surface area contributed by atoms with Crippen molar-refractivity contribution < 1.29 is 4.74 Å². The van der Waals surface area contributed by atoms with E-state index in [2.05, 4.69) is 48.8 Å². The molecule has 0 spiro atoms. The molecule has 4 nitrogen and oxygen atoms in total. The van der Waals surface area contributed by atoms with Gasteiger partial charge in [0.1, 0.15) is 12.1 Å². The van der Waals surface area contributed by atoms with E-state index < -0.39 is 0 Å². The first kappa shape index (κ1) is 15.2. The van der Waals surface area contributed by atoms with Gasteiger partial charge in [0.2, 0.25) is 0 Å². The lowest BCUT2D eigenvalue weighted by Gasteiger charge is -2.35. The molecule has 0 atom stereocenters. The highest BCUT2D eigenvalue weighted by atomic mass is 16.5. The summed E-state index contributed by atoms with van der Waals surface area (Å²) in [6.45, 7) is 6.55. The molecule has 1 aromatic heterocycles. The van der Waals surface area contributed by atoms with Gasteiger partial charge in [0.15, 0.2) is 0 Å². The maximum absolute atomic E-state index is 5.44. The number of nitrogens with zero attached hydrogens (tertiary/aromatic N) is 3. The van der Waals surface area contributed by atoms with Crippen LogP contribution in [0.25, 0.3) is 0 Å². The molecule has 1 aliphatic rings. The zero-order chi connectivity index (χ0) is 14.8. The Labute approximate surface area is 122 Å². The van der Waals surface area contributed by atoms with Gasteiger partial charge in [0, 0.05) is 31.7 Å². The highest BCUT2D eigenvalue weighted by Crippen LogP contribution is 2.28. The van der Waals surface area contributed by atoms with Gasteiger partial charge in [0.05, 0.1) is 11.8 Å². The summed E-state index contributed by atoms with van der Waals surface area (Å²) >= 11 is 0. The number of anilines is 1. The Balaban J connectivity index is 2.08. The van der Waals surface area contributed by atoms with Crippen LogP contribution >= 0.6 is 0 Å². The Morgan fingerprint density at radius 2 is 1.80 bits per heavy atom. The molecule has 0 saturated heterocycles. The van der Waals surface area contributed by atoms with Gasteiger partial charge in [-0.15, -0.1) is 0 Å². The minimum absolute atomic E-state index is 0.0617. The Kier molecular flexibility index (Phi) is 4.63. The van der Waals surface area contributed by atoms with Crippen LogP contribution < -0.4 is 4.90 Å². The summed E-state index contributed by atoms with van der Waals surface area (Å²) in [5, 5.41) is 0. The molecule has 0 unspecified atom stereocenters. The molecule has 0 aliphatic heterocycles. The molecule has 20 heavy (non-hydrogen) atoms. The van der Waals surface area contributed by atoms with Crippen molar-refractivity contribution in [3.63, 3.8) is 0 Å². The summed E-state index contributed by atoms with van der Waals surface area (Å²) in [6.07, 6.45) is 6.75. The topological polar surface area (TPSA) is 38.2 Å². The maximum atomic E-state index is 5.44. The molecule has 1 aliphatic carbocycles. The van der Waals surface area contributed by atoms with Gasteiger partial charge in [-0.3, -0.25) is 0 Å².